The topological polar surface area (TPSA) is 80.1 Å². The Balaban J connectivity index is 2.16. The van der Waals surface area contributed by atoms with Crippen LogP contribution in [0.4, 0.5) is 5.82 Å². The van der Waals surface area contributed by atoms with E-state index in [4.69, 9.17) is 14.7 Å². The smallest absolute Gasteiger partial charge is 0.182 e. The van der Waals surface area contributed by atoms with Gasteiger partial charge in [0.1, 0.15) is 6.07 Å². The lowest BCUT2D eigenvalue weighted by Gasteiger charge is -2.06. The van der Waals surface area contributed by atoms with Gasteiger partial charge >= 0.3 is 0 Å². The highest BCUT2D eigenvalue weighted by atomic mass is 16.5. The monoisotopic (exact) mass is 236 g/mol. The van der Waals surface area contributed by atoms with E-state index >= 15 is 0 Å². The molecule has 0 aliphatic heterocycles. The van der Waals surface area contributed by atoms with Crippen LogP contribution in [0.5, 0.6) is 0 Å². The van der Waals surface area contributed by atoms with Crippen molar-refractivity contribution in [2.75, 3.05) is 38.8 Å². The summed E-state index contributed by atoms with van der Waals surface area (Å²) in [5.41, 5.74) is 0.313. The predicted octanol–water partition coefficient (Wildman–Crippen LogP) is 0.813. The average molecular weight is 236 g/mol. The number of nitrogens with zero attached hydrogens (tertiary/aromatic N) is 3. The summed E-state index contributed by atoms with van der Waals surface area (Å²) in [7, 11) is 1.64. The van der Waals surface area contributed by atoms with E-state index in [1.165, 1.54) is 6.20 Å². The summed E-state index contributed by atoms with van der Waals surface area (Å²) >= 11 is 0. The van der Waals surface area contributed by atoms with Crippen LogP contribution in [0.2, 0.25) is 0 Å². The number of methoxy groups -OCH3 is 1. The SMILES string of the molecule is COCCOCCCNc1nccnc1C#N. The Morgan fingerprint density at radius 1 is 1.29 bits per heavy atom. The molecule has 0 unspecified atom stereocenters. The minimum absolute atomic E-state index is 0.313. The second-order valence-electron chi connectivity index (χ2n) is 3.25. The van der Waals surface area contributed by atoms with Gasteiger partial charge in [-0.05, 0) is 6.42 Å². The maximum atomic E-state index is 8.79. The van der Waals surface area contributed by atoms with Crippen LogP contribution in [0.15, 0.2) is 12.4 Å². The highest BCUT2D eigenvalue weighted by Gasteiger charge is 2.01. The van der Waals surface area contributed by atoms with Crippen LogP contribution in [0.25, 0.3) is 0 Å². The van der Waals surface area contributed by atoms with Gasteiger partial charge in [0.25, 0.3) is 0 Å². The Labute approximate surface area is 101 Å². The molecule has 1 aromatic heterocycles. The summed E-state index contributed by atoms with van der Waals surface area (Å²) in [5, 5.41) is 11.8. The third-order valence-electron chi connectivity index (χ3n) is 1.99. The molecule has 0 radical (unpaired) electrons. The van der Waals surface area contributed by atoms with E-state index < -0.39 is 0 Å². The zero-order valence-corrected chi connectivity index (χ0v) is 9.85. The Kier molecular flexibility index (Phi) is 6.63. The van der Waals surface area contributed by atoms with Gasteiger partial charge in [0.05, 0.1) is 13.2 Å². The quantitative estimate of drug-likeness (QED) is 0.673. The van der Waals surface area contributed by atoms with Gasteiger partial charge in [-0.2, -0.15) is 5.26 Å². The molecule has 1 aromatic rings. The van der Waals surface area contributed by atoms with Crippen molar-refractivity contribution < 1.29 is 9.47 Å². The number of aromatic nitrogens is 2. The predicted molar refractivity (Wildman–Crippen MR) is 62.5 cm³/mol. The lowest BCUT2D eigenvalue weighted by atomic mass is 10.4. The van der Waals surface area contributed by atoms with Crippen molar-refractivity contribution in [1.82, 2.24) is 9.97 Å². The molecule has 0 spiro atoms. The molecule has 0 aromatic carbocycles. The zero-order chi connectivity index (χ0) is 12.3. The maximum absolute atomic E-state index is 8.79. The molecule has 17 heavy (non-hydrogen) atoms. The van der Waals surface area contributed by atoms with Crippen LogP contribution in [0.3, 0.4) is 0 Å². The molecule has 1 N–H and O–H groups in total. The molecule has 92 valence electrons. The molecule has 0 saturated heterocycles. The highest BCUT2D eigenvalue weighted by molar-refractivity contribution is 5.46. The molecule has 0 aliphatic rings. The normalized spacial score (nSPS) is 9.88. The Morgan fingerprint density at radius 2 is 2.12 bits per heavy atom. The van der Waals surface area contributed by atoms with Gasteiger partial charge in [-0.15, -0.1) is 0 Å². The first-order valence-electron chi connectivity index (χ1n) is 5.40. The van der Waals surface area contributed by atoms with Crippen LogP contribution in [-0.2, 0) is 9.47 Å². The molecular formula is C11H16N4O2. The molecule has 0 atom stereocenters. The molecular weight excluding hydrogens is 220 g/mol. The number of rotatable bonds is 8. The van der Waals surface area contributed by atoms with E-state index in [-0.39, 0.29) is 0 Å². The van der Waals surface area contributed by atoms with Crippen LogP contribution < -0.4 is 5.32 Å². The van der Waals surface area contributed by atoms with Crippen molar-refractivity contribution >= 4 is 5.82 Å². The number of nitrogens with one attached hydrogen (secondary N) is 1. The second kappa shape index (κ2) is 8.44. The summed E-state index contributed by atoms with van der Waals surface area (Å²) in [4.78, 5) is 7.94. The van der Waals surface area contributed by atoms with E-state index in [0.717, 1.165) is 6.42 Å². The zero-order valence-electron chi connectivity index (χ0n) is 9.85. The fourth-order valence-electron chi connectivity index (χ4n) is 1.17. The fraction of sp³-hybridized carbons (Fsp3) is 0.545. The van der Waals surface area contributed by atoms with E-state index in [0.29, 0.717) is 37.9 Å². The van der Waals surface area contributed by atoms with Gasteiger partial charge in [-0.1, -0.05) is 0 Å². The second-order valence-corrected chi connectivity index (χ2v) is 3.25. The van der Waals surface area contributed by atoms with Crippen molar-refractivity contribution in [2.45, 2.75) is 6.42 Å². The third-order valence-corrected chi connectivity index (χ3v) is 1.99. The first kappa shape index (κ1) is 13.4. The lowest BCUT2D eigenvalue weighted by molar-refractivity contribution is 0.0705. The summed E-state index contributed by atoms with van der Waals surface area (Å²) in [6.45, 7) is 2.56. The van der Waals surface area contributed by atoms with Crippen LogP contribution in [0, 0.1) is 11.3 Å². The average Bonchev–Trinajstić information content (AvgIpc) is 2.38. The van der Waals surface area contributed by atoms with Gasteiger partial charge < -0.3 is 14.8 Å². The van der Waals surface area contributed by atoms with Gasteiger partial charge in [0.15, 0.2) is 11.5 Å². The fourth-order valence-corrected chi connectivity index (χ4v) is 1.17. The van der Waals surface area contributed by atoms with Crippen molar-refractivity contribution in [3.63, 3.8) is 0 Å². The van der Waals surface area contributed by atoms with Crippen molar-refractivity contribution in [3.05, 3.63) is 18.1 Å². The van der Waals surface area contributed by atoms with E-state index in [1.807, 2.05) is 6.07 Å². The van der Waals surface area contributed by atoms with Crippen LogP contribution >= 0.6 is 0 Å². The molecule has 0 aliphatic carbocycles. The molecule has 0 amide bonds. The van der Waals surface area contributed by atoms with Crippen molar-refractivity contribution in [2.24, 2.45) is 0 Å². The van der Waals surface area contributed by atoms with Gasteiger partial charge in [0, 0.05) is 32.7 Å². The molecule has 6 nitrogen and oxygen atoms in total. The molecule has 6 heteroatoms. The number of nitriles is 1. The number of hydrogen-bond donors (Lipinski definition) is 1. The van der Waals surface area contributed by atoms with Crippen molar-refractivity contribution in [3.8, 4) is 6.07 Å². The first-order chi connectivity index (χ1) is 8.38. The molecule has 0 bridgehead atoms. The van der Waals surface area contributed by atoms with Crippen molar-refractivity contribution in [1.29, 1.82) is 5.26 Å². The standard InChI is InChI=1S/C11H16N4O2/c1-16-7-8-17-6-2-3-14-11-10(9-12)13-4-5-15-11/h4-5H,2-3,6-8H2,1H3,(H,14,15). The van der Waals surface area contributed by atoms with Gasteiger partial charge in [-0.25, -0.2) is 9.97 Å². The van der Waals surface area contributed by atoms with E-state index in [9.17, 15) is 0 Å². The largest absolute Gasteiger partial charge is 0.382 e. The summed E-state index contributed by atoms with van der Waals surface area (Å²) < 4.78 is 10.2. The minimum atomic E-state index is 0.313. The number of hydrogen-bond acceptors (Lipinski definition) is 6. The maximum Gasteiger partial charge on any atom is 0.182 e. The highest BCUT2D eigenvalue weighted by Crippen LogP contribution is 2.05. The third kappa shape index (κ3) is 5.24. The van der Waals surface area contributed by atoms with Crippen LogP contribution in [0.1, 0.15) is 12.1 Å². The first-order valence-corrected chi connectivity index (χ1v) is 5.40. The minimum Gasteiger partial charge on any atom is -0.382 e. The van der Waals surface area contributed by atoms with E-state index in [1.54, 1.807) is 13.3 Å². The summed E-state index contributed by atoms with van der Waals surface area (Å²) in [5.74, 6) is 0.520. The Hall–Kier alpha value is -1.71. The number of anilines is 1. The summed E-state index contributed by atoms with van der Waals surface area (Å²) in [6.07, 6.45) is 3.89. The lowest BCUT2D eigenvalue weighted by Crippen LogP contribution is -2.10. The number of ether oxygens (including phenoxy) is 2. The van der Waals surface area contributed by atoms with Gasteiger partial charge in [-0.3, -0.25) is 0 Å². The summed E-state index contributed by atoms with van der Waals surface area (Å²) in [6, 6.07) is 1.98. The Bertz CT molecular complexity index is 365. The molecule has 1 heterocycles. The van der Waals surface area contributed by atoms with E-state index in [2.05, 4.69) is 15.3 Å². The molecule has 1 rings (SSSR count). The van der Waals surface area contributed by atoms with Gasteiger partial charge in [0.2, 0.25) is 0 Å². The van der Waals surface area contributed by atoms with Crippen LogP contribution in [-0.4, -0.2) is 43.4 Å². The molecule has 0 fully saturated rings. The molecule has 0 saturated carbocycles. The Morgan fingerprint density at radius 3 is 2.88 bits per heavy atom.